The first kappa shape index (κ1) is 10.2. The van der Waals surface area contributed by atoms with Gasteiger partial charge in [0.1, 0.15) is 0 Å². The predicted molar refractivity (Wildman–Crippen MR) is 51.3 cm³/mol. The summed E-state index contributed by atoms with van der Waals surface area (Å²) in [5, 5.41) is 16.4. The summed E-state index contributed by atoms with van der Waals surface area (Å²) >= 11 is 0. The molecule has 4 nitrogen and oxygen atoms in total. The summed E-state index contributed by atoms with van der Waals surface area (Å²) in [5.41, 5.74) is 1.04. The van der Waals surface area contributed by atoms with Crippen molar-refractivity contribution in [1.29, 1.82) is 0 Å². The molecule has 0 spiro atoms. The Kier molecular flexibility index (Phi) is 3.92. The summed E-state index contributed by atoms with van der Waals surface area (Å²) in [4.78, 5) is 0. The first-order chi connectivity index (χ1) is 6.27. The SMILES string of the molecule is CCCN[C@H](CO)c1cnn(C)c1. The molecule has 0 unspecified atom stereocenters. The van der Waals surface area contributed by atoms with E-state index < -0.39 is 0 Å². The maximum Gasteiger partial charge on any atom is 0.0627 e. The van der Waals surface area contributed by atoms with Gasteiger partial charge in [-0.2, -0.15) is 5.10 Å². The van der Waals surface area contributed by atoms with Gasteiger partial charge in [0.25, 0.3) is 0 Å². The Morgan fingerprint density at radius 1 is 1.69 bits per heavy atom. The zero-order chi connectivity index (χ0) is 9.68. The first-order valence-corrected chi connectivity index (χ1v) is 4.60. The summed E-state index contributed by atoms with van der Waals surface area (Å²) in [7, 11) is 1.87. The third-order valence-corrected chi connectivity index (χ3v) is 1.95. The van der Waals surface area contributed by atoms with Gasteiger partial charge in [-0.3, -0.25) is 4.68 Å². The minimum atomic E-state index is 0.0219. The molecular formula is C9H17N3O. The highest BCUT2D eigenvalue weighted by molar-refractivity contribution is 5.10. The van der Waals surface area contributed by atoms with Gasteiger partial charge in [-0.1, -0.05) is 6.92 Å². The van der Waals surface area contributed by atoms with Gasteiger partial charge in [-0.25, -0.2) is 0 Å². The van der Waals surface area contributed by atoms with Crippen LogP contribution >= 0.6 is 0 Å². The van der Waals surface area contributed by atoms with Crippen molar-refractivity contribution < 1.29 is 5.11 Å². The summed E-state index contributed by atoms with van der Waals surface area (Å²) in [6.45, 7) is 3.14. The number of hydrogen-bond acceptors (Lipinski definition) is 3. The largest absolute Gasteiger partial charge is 0.394 e. The van der Waals surface area contributed by atoms with Crippen molar-refractivity contribution in [2.45, 2.75) is 19.4 Å². The third kappa shape index (κ3) is 2.82. The Labute approximate surface area is 78.6 Å². The molecule has 74 valence electrons. The van der Waals surface area contributed by atoms with Crippen molar-refractivity contribution in [2.75, 3.05) is 13.2 Å². The molecule has 0 aromatic carbocycles. The minimum Gasteiger partial charge on any atom is -0.394 e. The van der Waals surface area contributed by atoms with E-state index in [4.69, 9.17) is 5.11 Å². The fourth-order valence-corrected chi connectivity index (χ4v) is 1.23. The standard InChI is InChI=1S/C9H17N3O/c1-3-4-10-9(7-13)8-5-11-12(2)6-8/h5-6,9-10,13H,3-4,7H2,1-2H3/t9-/m1/s1. The second-order valence-electron chi connectivity index (χ2n) is 3.14. The van der Waals surface area contributed by atoms with E-state index >= 15 is 0 Å². The van der Waals surface area contributed by atoms with Crippen molar-refractivity contribution in [2.24, 2.45) is 7.05 Å². The third-order valence-electron chi connectivity index (χ3n) is 1.95. The van der Waals surface area contributed by atoms with E-state index in [0.717, 1.165) is 18.5 Å². The number of nitrogens with zero attached hydrogens (tertiary/aromatic N) is 2. The number of rotatable bonds is 5. The van der Waals surface area contributed by atoms with Gasteiger partial charge in [-0.05, 0) is 13.0 Å². The van der Waals surface area contributed by atoms with Crippen LogP contribution in [0.1, 0.15) is 24.9 Å². The molecule has 0 saturated carbocycles. The second-order valence-corrected chi connectivity index (χ2v) is 3.14. The highest BCUT2D eigenvalue weighted by atomic mass is 16.3. The normalized spacial score (nSPS) is 13.2. The first-order valence-electron chi connectivity index (χ1n) is 4.60. The van der Waals surface area contributed by atoms with Crippen LogP contribution in [0.3, 0.4) is 0 Å². The lowest BCUT2D eigenvalue weighted by atomic mass is 10.2. The number of aromatic nitrogens is 2. The average Bonchev–Trinajstić information content (AvgIpc) is 2.54. The Morgan fingerprint density at radius 2 is 2.46 bits per heavy atom. The summed E-state index contributed by atoms with van der Waals surface area (Å²) in [6.07, 6.45) is 4.77. The van der Waals surface area contributed by atoms with E-state index in [9.17, 15) is 0 Å². The molecule has 1 atom stereocenters. The van der Waals surface area contributed by atoms with E-state index in [0.29, 0.717) is 0 Å². The van der Waals surface area contributed by atoms with Gasteiger partial charge in [0, 0.05) is 18.8 Å². The molecule has 0 amide bonds. The molecule has 0 bridgehead atoms. The maximum atomic E-state index is 9.12. The number of hydrogen-bond donors (Lipinski definition) is 2. The van der Waals surface area contributed by atoms with Gasteiger partial charge in [0.15, 0.2) is 0 Å². The van der Waals surface area contributed by atoms with Gasteiger partial charge in [0.2, 0.25) is 0 Å². The highest BCUT2D eigenvalue weighted by Crippen LogP contribution is 2.10. The molecular weight excluding hydrogens is 166 g/mol. The molecule has 0 saturated heterocycles. The van der Waals surface area contributed by atoms with Crippen LogP contribution in [0, 0.1) is 0 Å². The monoisotopic (exact) mass is 183 g/mol. The van der Waals surface area contributed by atoms with Gasteiger partial charge in [0.05, 0.1) is 18.8 Å². The molecule has 1 rings (SSSR count). The number of aryl methyl sites for hydroxylation is 1. The molecule has 0 aliphatic heterocycles. The van der Waals surface area contributed by atoms with E-state index in [1.165, 1.54) is 0 Å². The van der Waals surface area contributed by atoms with E-state index in [2.05, 4.69) is 17.3 Å². The van der Waals surface area contributed by atoms with E-state index in [1.54, 1.807) is 10.9 Å². The molecule has 0 radical (unpaired) electrons. The summed E-state index contributed by atoms with van der Waals surface area (Å²) in [6, 6.07) is 0.0219. The smallest absolute Gasteiger partial charge is 0.0627 e. The van der Waals surface area contributed by atoms with Gasteiger partial charge < -0.3 is 10.4 Å². The lowest BCUT2D eigenvalue weighted by Crippen LogP contribution is -2.24. The minimum absolute atomic E-state index is 0.0219. The second kappa shape index (κ2) is 4.99. The van der Waals surface area contributed by atoms with Crippen LogP contribution in [0.2, 0.25) is 0 Å². The Balaban J connectivity index is 2.56. The molecule has 0 aliphatic rings. The summed E-state index contributed by atoms with van der Waals surface area (Å²) in [5.74, 6) is 0. The van der Waals surface area contributed by atoms with Crippen LogP contribution in [0.5, 0.6) is 0 Å². The molecule has 1 heterocycles. The molecule has 0 fully saturated rings. The number of aliphatic hydroxyl groups is 1. The molecule has 0 aliphatic carbocycles. The average molecular weight is 183 g/mol. The quantitative estimate of drug-likeness (QED) is 0.697. The van der Waals surface area contributed by atoms with E-state index in [1.807, 2.05) is 13.2 Å². The van der Waals surface area contributed by atoms with Crippen LogP contribution in [-0.4, -0.2) is 28.0 Å². The Bertz CT molecular complexity index is 247. The van der Waals surface area contributed by atoms with Crippen LogP contribution in [-0.2, 0) is 7.05 Å². The Hall–Kier alpha value is -0.870. The van der Waals surface area contributed by atoms with Crippen LogP contribution < -0.4 is 5.32 Å². The molecule has 13 heavy (non-hydrogen) atoms. The van der Waals surface area contributed by atoms with Gasteiger partial charge in [-0.15, -0.1) is 0 Å². The highest BCUT2D eigenvalue weighted by Gasteiger charge is 2.10. The lowest BCUT2D eigenvalue weighted by molar-refractivity contribution is 0.245. The molecule has 4 heteroatoms. The van der Waals surface area contributed by atoms with Crippen molar-refractivity contribution in [3.05, 3.63) is 18.0 Å². The summed E-state index contributed by atoms with van der Waals surface area (Å²) < 4.78 is 1.74. The maximum absolute atomic E-state index is 9.12. The van der Waals surface area contributed by atoms with Crippen LogP contribution in [0.4, 0.5) is 0 Å². The van der Waals surface area contributed by atoms with Crippen LogP contribution in [0.15, 0.2) is 12.4 Å². The zero-order valence-corrected chi connectivity index (χ0v) is 8.20. The van der Waals surface area contributed by atoms with Crippen molar-refractivity contribution in [1.82, 2.24) is 15.1 Å². The molecule has 1 aromatic heterocycles. The fraction of sp³-hybridized carbons (Fsp3) is 0.667. The number of nitrogens with one attached hydrogen (secondary N) is 1. The fourth-order valence-electron chi connectivity index (χ4n) is 1.23. The lowest BCUT2D eigenvalue weighted by Gasteiger charge is -2.13. The zero-order valence-electron chi connectivity index (χ0n) is 8.20. The van der Waals surface area contributed by atoms with Crippen molar-refractivity contribution in [3.8, 4) is 0 Å². The Morgan fingerprint density at radius 3 is 2.92 bits per heavy atom. The molecule has 1 aromatic rings. The van der Waals surface area contributed by atoms with Crippen molar-refractivity contribution >= 4 is 0 Å². The van der Waals surface area contributed by atoms with Crippen LogP contribution in [0.25, 0.3) is 0 Å². The topological polar surface area (TPSA) is 50.1 Å². The molecule has 2 N–H and O–H groups in total. The number of aliphatic hydroxyl groups excluding tert-OH is 1. The van der Waals surface area contributed by atoms with Gasteiger partial charge >= 0.3 is 0 Å². The van der Waals surface area contributed by atoms with Crippen molar-refractivity contribution in [3.63, 3.8) is 0 Å². The predicted octanol–water partition coefficient (Wildman–Crippen LogP) is 0.453. The van der Waals surface area contributed by atoms with E-state index in [-0.39, 0.29) is 12.6 Å².